The van der Waals surface area contributed by atoms with Crippen molar-refractivity contribution in [3.8, 4) is 0 Å². The molecule has 0 heterocycles. The fourth-order valence-corrected chi connectivity index (χ4v) is 7.72. The third-order valence-corrected chi connectivity index (χ3v) is 10.7. The van der Waals surface area contributed by atoms with Gasteiger partial charge in [0.2, 0.25) is 0 Å². The largest absolute Gasteiger partial charge is 0.462 e. The van der Waals surface area contributed by atoms with Gasteiger partial charge >= 0.3 is 5.97 Å². The second kappa shape index (κ2) is 21.2. The molecule has 0 aromatic carbocycles. The number of rotatable bonds is 16. The number of carbonyl (C=O) groups is 2. The van der Waals surface area contributed by atoms with Crippen LogP contribution in [0.3, 0.4) is 0 Å². The van der Waals surface area contributed by atoms with E-state index in [9.17, 15) is 14.7 Å². The summed E-state index contributed by atoms with van der Waals surface area (Å²) in [5.74, 6) is 4.66. The summed E-state index contributed by atoms with van der Waals surface area (Å²) in [6.45, 7) is 8.68. The molecular formula is C36H62O6. The molecule has 0 spiro atoms. The Hall–Kier alpha value is -1.50. The van der Waals surface area contributed by atoms with E-state index in [4.69, 9.17) is 14.9 Å². The van der Waals surface area contributed by atoms with Gasteiger partial charge in [0.15, 0.2) is 0 Å². The van der Waals surface area contributed by atoms with Crippen LogP contribution in [0.25, 0.3) is 0 Å². The highest BCUT2D eigenvalue weighted by Gasteiger charge is 2.34. The normalized spacial score (nSPS) is 28.6. The zero-order valence-electron chi connectivity index (χ0n) is 26.7. The summed E-state index contributed by atoms with van der Waals surface area (Å²) in [6, 6.07) is 0. The van der Waals surface area contributed by atoms with E-state index in [0.717, 1.165) is 42.4 Å². The van der Waals surface area contributed by atoms with Gasteiger partial charge in [0.1, 0.15) is 6.29 Å². The third-order valence-electron chi connectivity index (χ3n) is 10.7. The van der Waals surface area contributed by atoms with Crippen LogP contribution in [0.5, 0.6) is 0 Å². The number of hydrogen-bond acceptors (Lipinski definition) is 6. The summed E-state index contributed by atoms with van der Waals surface area (Å²) in [5, 5.41) is 26.9. The summed E-state index contributed by atoms with van der Waals surface area (Å²) in [4.78, 5) is 21.3. The zero-order chi connectivity index (χ0) is 30.7. The van der Waals surface area contributed by atoms with Gasteiger partial charge in [-0.25, -0.2) is 4.79 Å². The number of aliphatic hydroxyl groups excluding tert-OH is 3. The number of carbonyl (C=O) groups excluding carboxylic acids is 2. The van der Waals surface area contributed by atoms with Crippen molar-refractivity contribution in [1.82, 2.24) is 0 Å². The van der Waals surface area contributed by atoms with Crippen LogP contribution in [-0.2, 0) is 14.3 Å². The number of unbranched alkanes of at least 4 members (excludes halogenated alkanes) is 2. The minimum atomic E-state index is -0.545. The second-order valence-electron chi connectivity index (χ2n) is 13.7. The van der Waals surface area contributed by atoms with Crippen molar-refractivity contribution in [2.75, 3.05) is 26.4 Å². The van der Waals surface area contributed by atoms with Gasteiger partial charge < -0.3 is 20.1 Å². The van der Waals surface area contributed by atoms with E-state index in [-0.39, 0.29) is 43.5 Å². The molecule has 3 N–H and O–H groups in total. The van der Waals surface area contributed by atoms with Crippen LogP contribution in [0.4, 0.5) is 0 Å². The lowest BCUT2D eigenvalue weighted by molar-refractivity contribution is -0.142. The van der Waals surface area contributed by atoms with E-state index >= 15 is 0 Å². The number of hydrogen-bond donors (Lipinski definition) is 3. The minimum Gasteiger partial charge on any atom is -0.462 e. The first-order valence-corrected chi connectivity index (χ1v) is 17.1. The summed E-state index contributed by atoms with van der Waals surface area (Å²) in [7, 11) is 0. The molecule has 3 rings (SSSR count). The van der Waals surface area contributed by atoms with Crippen molar-refractivity contribution in [1.29, 1.82) is 0 Å². The maximum Gasteiger partial charge on any atom is 0.335 e. The zero-order valence-corrected chi connectivity index (χ0v) is 26.7. The summed E-state index contributed by atoms with van der Waals surface area (Å²) in [6.07, 6.45) is 25.7. The molecule has 0 bridgehead atoms. The molecule has 0 saturated heterocycles. The molecule has 6 heteroatoms. The monoisotopic (exact) mass is 590 g/mol. The molecular weight excluding hydrogens is 528 g/mol. The van der Waals surface area contributed by atoms with Crippen LogP contribution in [0.1, 0.15) is 122 Å². The molecule has 0 amide bonds. The van der Waals surface area contributed by atoms with Crippen molar-refractivity contribution in [3.63, 3.8) is 0 Å². The molecule has 0 aromatic rings. The van der Waals surface area contributed by atoms with Crippen molar-refractivity contribution in [2.24, 2.45) is 41.4 Å². The lowest BCUT2D eigenvalue weighted by Crippen LogP contribution is -2.32. The third kappa shape index (κ3) is 13.4. The van der Waals surface area contributed by atoms with Crippen LogP contribution < -0.4 is 0 Å². The number of aldehydes is 1. The first-order valence-electron chi connectivity index (χ1n) is 17.1. The molecule has 1 atom stereocenters. The predicted molar refractivity (Wildman–Crippen MR) is 170 cm³/mol. The predicted octanol–water partition coefficient (Wildman–Crippen LogP) is 7.20. The van der Waals surface area contributed by atoms with Crippen molar-refractivity contribution in [2.45, 2.75) is 122 Å². The minimum absolute atomic E-state index is 0.00327. The Morgan fingerprint density at radius 3 is 1.69 bits per heavy atom. The van der Waals surface area contributed by atoms with E-state index in [1.54, 1.807) is 0 Å². The molecule has 0 aliphatic heterocycles. The molecule has 42 heavy (non-hydrogen) atoms. The molecule has 242 valence electrons. The van der Waals surface area contributed by atoms with Gasteiger partial charge in [-0.2, -0.15) is 0 Å². The summed E-state index contributed by atoms with van der Waals surface area (Å²) < 4.78 is 5.29. The highest BCUT2D eigenvalue weighted by atomic mass is 16.5. The second-order valence-corrected chi connectivity index (χ2v) is 13.7. The van der Waals surface area contributed by atoms with Crippen molar-refractivity contribution >= 4 is 12.3 Å². The van der Waals surface area contributed by atoms with E-state index in [2.05, 4.69) is 20.1 Å². The van der Waals surface area contributed by atoms with E-state index in [1.807, 2.05) is 0 Å². The molecule has 3 saturated carbocycles. The van der Waals surface area contributed by atoms with Crippen LogP contribution in [-0.4, -0.2) is 54.0 Å². The summed E-state index contributed by atoms with van der Waals surface area (Å²) in [5.41, 5.74) is 0.297. The van der Waals surface area contributed by atoms with E-state index in [1.165, 1.54) is 103 Å². The van der Waals surface area contributed by atoms with Gasteiger partial charge in [0.05, 0.1) is 25.4 Å². The Bertz CT molecular complexity index is 770. The van der Waals surface area contributed by atoms with Crippen LogP contribution in [0.15, 0.2) is 24.3 Å². The van der Waals surface area contributed by atoms with Crippen molar-refractivity contribution < 1.29 is 29.6 Å². The Morgan fingerprint density at radius 2 is 1.26 bits per heavy atom. The average molecular weight is 591 g/mol. The molecule has 3 fully saturated rings. The molecule has 0 radical (unpaired) electrons. The fraction of sp³-hybridized carbons (Fsp3) is 0.833. The first-order chi connectivity index (χ1) is 20.3. The molecule has 6 nitrogen and oxygen atoms in total. The van der Waals surface area contributed by atoms with Gasteiger partial charge in [-0.1, -0.05) is 97.1 Å². The fourth-order valence-electron chi connectivity index (χ4n) is 7.72. The highest BCUT2D eigenvalue weighted by Crippen LogP contribution is 2.44. The lowest BCUT2D eigenvalue weighted by atomic mass is 9.67. The van der Waals surface area contributed by atoms with Gasteiger partial charge in [-0.05, 0) is 74.0 Å². The summed E-state index contributed by atoms with van der Waals surface area (Å²) >= 11 is 0. The topological polar surface area (TPSA) is 104 Å². The first kappa shape index (κ1) is 36.7. The Morgan fingerprint density at radius 1 is 0.762 bits per heavy atom. The maximum absolute atomic E-state index is 11.8. The molecule has 3 aliphatic rings. The van der Waals surface area contributed by atoms with Crippen LogP contribution in [0.2, 0.25) is 0 Å². The van der Waals surface area contributed by atoms with Crippen molar-refractivity contribution in [3.05, 3.63) is 24.3 Å². The quantitative estimate of drug-likeness (QED) is 0.0760. The van der Waals surface area contributed by atoms with Gasteiger partial charge in [-0.15, -0.1) is 0 Å². The van der Waals surface area contributed by atoms with Crippen LogP contribution in [0, 0.1) is 41.4 Å². The Balaban J connectivity index is 0.000000928. The number of aliphatic hydroxyl groups is 3. The molecule has 1 unspecified atom stereocenters. The SMILES string of the molecule is C=C(C=O)CO.C=C(CO)C(=O)OCC(CO)C1CCC(C2CCC(CCC3CCC(CCCCC)CC3)CC2)CC1. The lowest BCUT2D eigenvalue weighted by Gasteiger charge is -2.39. The van der Waals surface area contributed by atoms with Gasteiger partial charge in [0.25, 0.3) is 0 Å². The van der Waals surface area contributed by atoms with Gasteiger partial charge in [-0.3, -0.25) is 4.79 Å². The van der Waals surface area contributed by atoms with E-state index in [0.29, 0.717) is 12.2 Å². The average Bonchev–Trinajstić information content (AvgIpc) is 3.04. The smallest absolute Gasteiger partial charge is 0.335 e. The Kier molecular flexibility index (Phi) is 18.6. The van der Waals surface area contributed by atoms with E-state index < -0.39 is 5.97 Å². The van der Waals surface area contributed by atoms with Gasteiger partial charge in [0, 0.05) is 18.1 Å². The Labute approximate surface area is 256 Å². The standard InChI is InChI=1S/C32H56O4.C4H6O2/c1-3-4-5-6-25-7-9-26(10-8-25)11-12-27-13-15-28(16-14-27)29-17-19-30(20-18-29)31(22-34)23-36-32(35)24(2)21-33;1-4(2-5)3-6/h25-31,33-34H,2-23H2,1H3;2,6H,1,3H2. The molecule has 3 aliphatic carbocycles. The van der Waals surface area contributed by atoms with Crippen LogP contribution >= 0.6 is 0 Å². The molecule has 0 aromatic heterocycles. The number of ether oxygens (including phenoxy) is 1. The number of esters is 1. The highest BCUT2D eigenvalue weighted by molar-refractivity contribution is 5.87. The maximum atomic E-state index is 11.8.